The van der Waals surface area contributed by atoms with E-state index in [2.05, 4.69) is 10.5 Å². The van der Waals surface area contributed by atoms with Crippen LogP contribution in [0.5, 0.6) is 0 Å². The molecule has 1 aliphatic rings. The van der Waals surface area contributed by atoms with Crippen LogP contribution in [0.4, 0.5) is 16.2 Å². The molecule has 0 atom stereocenters. The van der Waals surface area contributed by atoms with Crippen LogP contribution in [0.2, 0.25) is 0 Å². The minimum absolute atomic E-state index is 0.260. The summed E-state index contributed by atoms with van der Waals surface area (Å²) in [6.07, 6.45) is 0.244. The lowest BCUT2D eigenvalue weighted by Crippen LogP contribution is -2.35. The number of amides is 1. The molecule has 0 saturated carbocycles. The summed E-state index contributed by atoms with van der Waals surface area (Å²) in [6, 6.07) is 8.76. The van der Waals surface area contributed by atoms with Crippen molar-refractivity contribution in [2.24, 2.45) is 5.10 Å². The molecule has 0 spiro atoms. The van der Waals surface area contributed by atoms with Crippen LogP contribution >= 0.6 is 0 Å². The van der Waals surface area contributed by atoms with Crippen molar-refractivity contribution in [2.45, 2.75) is 32.8 Å². The Kier molecular flexibility index (Phi) is 4.52. The molecule has 2 rings (SSSR count). The monoisotopic (exact) mass is 311 g/mol. The predicted molar refractivity (Wildman–Crippen MR) is 86.0 cm³/mol. The average molecular weight is 311 g/mol. The maximum absolute atomic E-state index is 12.3. The van der Waals surface area contributed by atoms with Crippen LogP contribution in [-0.4, -0.2) is 24.0 Å². The Bertz CT molecular complexity index is 718. The highest BCUT2D eigenvalue weighted by molar-refractivity contribution is 6.10. The molecule has 0 aliphatic carbocycles. The molecule has 0 aromatic heterocycles. The van der Waals surface area contributed by atoms with Gasteiger partial charge in [-0.15, -0.1) is 0 Å². The lowest BCUT2D eigenvalue weighted by Gasteiger charge is -2.24. The number of benzene rings is 1. The third kappa shape index (κ3) is 3.78. The molecule has 0 unspecified atom stereocenters. The van der Waals surface area contributed by atoms with E-state index in [9.17, 15) is 4.79 Å². The van der Waals surface area contributed by atoms with E-state index in [0.29, 0.717) is 18.7 Å². The number of carbonyl (C=O) groups excluding carboxylic acids is 1. The van der Waals surface area contributed by atoms with Gasteiger partial charge in [0.25, 0.3) is 0 Å². The van der Waals surface area contributed by atoms with Crippen molar-refractivity contribution >= 4 is 23.2 Å². The molecule has 7 heteroatoms. The van der Waals surface area contributed by atoms with Crippen LogP contribution in [0.15, 0.2) is 23.3 Å². The second kappa shape index (κ2) is 6.37. The summed E-state index contributed by atoms with van der Waals surface area (Å²) in [5.74, 6) is 0. The van der Waals surface area contributed by atoms with E-state index < -0.39 is 11.7 Å². The lowest BCUT2D eigenvalue weighted by molar-refractivity contribution is 0.0584. The van der Waals surface area contributed by atoms with Gasteiger partial charge in [0.2, 0.25) is 5.71 Å². The van der Waals surface area contributed by atoms with Crippen molar-refractivity contribution in [1.82, 2.24) is 0 Å². The number of rotatable bonds is 2. The zero-order valence-electron chi connectivity index (χ0n) is 13.3. The van der Waals surface area contributed by atoms with Crippen LogP contribution in [0.1, 0.15) is 26.3 Å². The van der Waals surface area contributed by atoms with E-state index >= 15 is 0 Å². The van der Waals surface area contributed by atoms with Gasteiger partial charge >= 0.3 is 6.09 Å². The summed E-state index contributed by atoms with van der Waals surface area (Å²) in [7, 11) is 0. The summed E-state index contributed by atoms with van der Waals surface area (Å²) in [5, 5.41) is 21.2. The molecule has 0 fully saturated rings. The SMILES string of the molecule is CC(C)(C)OC(=O)N1CCc2c(NN=C(C#N)C#N)cccc21. The molecule has 0 saturated heterocycles. The van der Waals surface area contributed by atoms with Crippen LogP contribution in [0, 0.1) is 22.7 Å². The van der Waals surface area contributed by atoms with Gasteiger partial charge in [-0.2, -0.15) is 15.6 Å². The number of hydrogen-bond acceptors (Lipinski definition) is 6. The molecule has 1 aromatic rings. The van der Waals surface area contributed by atoms with Gasteiger partial charge in [-0.1, -0.05) is 6.07 Å². The van der Waals surface area contributed by atoms with Gasteiger partial charge in [-0.3, -0.25) is 10.3 Å². The van der Waals surface area contributed by atoms with Crippen molar-refractivity contribution in [3.63, 3.8) is 0 Å². The van der Waals surface area contributed by atoms with Crippen molar-refractivity contribution < 1.29 is 9.53 Å². The zero-order chi connectivity index (χ0) is 17.0. The summed E-state index contributed by atoms with van der Waals surface area (Å²) in [4.78, 5) is 13.8. The van der Waals surface area contributed by atoms with E-state index in [1.165, 1.54) is 0 Å². The normalized spacial score (nSPS) is 12.7. The van der Waals surface area contributed by atoms with Crippen LogP contribution < -0.4 is 10.3 Å². The van der Waals surface area contributed by atoms with Gasteiger partial charge in [-0.25, -0.2) is 4.79 Å². The largest absolute Gasteiger partial charge is 0.443 e. The molecule has 1 N–H and O–H groups in total. The van der Waals surface area contributed by atoms with Crippen LogP contribution in [-0.2, 0) is 11.2 Å². The number of fused-ring (bicyclic) bond motifs is 1. The first-order chi connectivity index (χ1) is 10.9. The standard InChI is InChI=1S/C16H17N5O2/c1-16(2,3)23-15(22)21-8-7-12-13(5-4-6-14(12)21)20-19-11(9-17)10-18/h4-6,20H,7-8H2,1-3H3. The number of hydrogen-bond donors (Lipinski definition) is 1. The van der Waals surface area contributed by atoms with Gasteiger partial charge in [-0.05, 0) is 39.3 Å². The Morgan fingerprint density at radius 1 is 1.35 bits per heavy atom. The number of anilines is 2. The second-order valence-corrected chi connectivity index (χ2v) is 5.98. The van der Waals surface area contributed by atoms with Crippen LogP contribution in [0.3, 0.4) is 0 Å². The fourth-order valence-corrected chi connectivity index (χ4v) is 2.24. The Balaban J connectivity index is 2.24. The molecule has 0 radical (unpaired) electrons. The van der Waals surface area contributed by atoms with Gasteiger partial charge < -0.3 is 4.74 Å². The molecule has 1 amide bonds. The topological polar surface area (TPSA) is 102 Å². The van der Waals surface area contributed by atoms with E-state index in [4.69, 9.17) is 15.3 Å². The number of nitrogens with one attached hydrogen (secondary N) is 1. The zero-order valence-corrected chi connectivity index (χ0v) is 13.3. The third-order valence-electron chi connectivity index (χ3n) is 3.14. The smallest absolute Gasteiger partial charge is 0.414 e. The van der Waals surface area contributed by atoms with Crippen molar-refractivity contribution in [2.75, 3.05) is 16.9 Å². The summed E-state index contributed by atoms with van der Waals surface area (Å²) in [6.45, 7) is 5.97. The first-order valence-electron chi connectivity index (χ1n) is 7.12. The Hall–Kier alpha value is -3.06. The van der Waals surface area contributed by atoms with Crippen molar-refractivity contribution in [3.8, 4) is 12.1 Å². The van der Waals surface area contributed by atoms with Crippen molar-refractivity contribution in [1.29, 1.82) is 10.5 Å². The highest BCUT2D eigenvalue weighted by Crippen LogP contribution is 2.34. The van der Waals surface area contributed by atoms with E-state index in [-0.39, 0.29) is 5.71 Å². The fourth-order valence-electron chi connectivity index (χ4n) is 2.24. The third-order valence-corrected chi connectivity index (χ3v) is 3.14. The number of nitrogens with zero attached hydrogens (tertiary/aromatic N) is 4. The molecular weight excluding hydrogens is 294 g/mol. The molecule has 7 nitrogen and oxygen atoms in total. The van der Waals surface area contributed by atoms with E-state index in [1.807, 2.05) is 26.8 Å². The van der Waals surface area contributed by atoms with Gasteiger partial charge in [0.05, 0.1) is 11.4 Å². The van der Waals surface area contributed by atoms with Crippen LogP contribution in [0.25, 0.3) is 0 Å². The first-order valence-corrected chi connectivity index (χ1v) is 7.12. The van der Waals surface area contributed by atoms with E-state index in [1.54, 1.807) is 29.2 Å². The maximum atomic E-state index is 12.3. The molecule has 118 valence electrons. The van der Waals surface area contributed by atoms with Gasteiger partial charge in [0.1, 0.15) is 17.7 Å². The highest BCUT2D eigenvalue weighted by atomic mass is 16.6. The molecule has 0 bridgehead atoms. The molecule has 1 aliphatic heterocycles. The average Bonchev–Trinajstić information content (AvgIpc) is 2.91. The number of carbonyl (C=O) groups is 1. The van der Waals surface area contributed by atoms with E-state index in [0.717, 1.165) is 11.3 Å². The summed E-state index contributed by atoms with van der Waals surface area (Å²) in [5.41, 5.74) is 4.21. The minimum Gasteiger partial charge on any atom is -0.443 e. The minimum atomic E-state index is -0.561. The molecule has 1 heterocycles. The Morgan fingerprint density at radius 3 is 2.65 bits per heavy atom. The predicted octanol–water partition coefficient (Wildman–Crippen LogP) is 2.80. The summed E-state index contributed by atoms with van der Waals surface area (Å²) >= 11 is 0. The number of hydrazone groups is 1. The second-order valence-electron chi connectivity index (χ2n) is 5.98. The number of nitriles is 2. The van der Waals surface area contributed by atoms with Gasteiger partial charge in [0.15, 0.2) is 0 Å². The molecule has 23 heavy (non-hydrogen) atoms. The maximum Gasteiger partial charge on any atom is 0.414 e. The quantitative estimate of drug-likeness (QED) is 0.668. The Morgan fingerprint density at radius 2 is 2.04 bits per heavy atom. The molecule has 1 aromatic carbocycles. The highest BCUT2D eigenvalue weighted by Gasteiger charge is 2.30. The Labute approximate surface area is 134 Å². The van der Waals surface area contributed by atoms with Gasteiger partial charge in [0, 0.05) is 12.1 Å². The summed E-state index contributed by atoms with van der Waals surface area (Å²) < 4.78 is 5.40. The first kappa shape index (κ1) is 16.3. The number of ether oxygens (including phenoxy) is 1. The molecular formula is C16H17N5O2. The fraction of sp³-hybridized carbons (Fsp3) is 0.375. The van der Waals surface area contributed by atoms with Crippen molar-refractivity contribution in [3.05, 3.63) is 23.8 Å². The lowest BCUT2D eigenvalue weighted by atomic mass is 10.1.